The van der Waals surface area contributed by atoms with Crippen LogP contribution in [0.1, 0.15) is 46.6 Å². The van der Waals surface area contributed by atoms with E-state index in [1.165, 1.54) is 0 Å². The highest BCUT2D eigenvalue weighted by Gasteiger charge is 2.15. The van der Waals surface area contributed by atoms with Gasteiger partial charge in [-0.3, -0.25) is 9.89 Å². The average Bonchev–Trinajstić information content (AvgIpc) is 2.72. The van der Waals surface area contributed by atoms with Crippen molar-refractivity contribution in [3.63, 3.8) is 0 Å². The van der Waals surface area contributed by atoms with E-state index in [0.717, 1.165) is 50.5 Å². The first-order valence-corrected chi connectivity index (χ1v) is 10.9. The third kappa shape index (κ3) is 7.94. The van der Waals surface area contributed by atoms with Crippen molar-refractivity contribution in [2.45, 2.75) is 59.5 Å². The third-order valence-corrected chi connectivity index (χ3v) is 4.99. The number of rotatable bonds is 13. The molecule has 0 amide bonds. The van der Waals surface area contributed by atoms with Crippen LogP contribution in [0.4, 0.5) is 0 Å². The molecule has 0 saturated heterocycles. The fraction of sp³-hybridized carbons (Fsp3) is 0.696. The van der Waals surface area contributed by atoms with E-state index in [0.29, 0.717) is 29.3 Å². The van der Waals surface area contributed by atoms with E-state index in [1.54, 1.807) is 21.3 Å². The highest BCUT2D eigenvalue weighted by Crippen LogP contribution is 2.39. The van der Waals surface area contributed by atoms with Crippen molar-refractivity contribution >= 4 is 5.96 Å². The molecule has 0 aliphatic heterocycles. The SMILES string of the molecule is CCNC(=NCCCN(C(C)C)C(C)C)NCCc1ccc(OC)c(OC)c1OC. The van der Waals surface area contributed by atoms with Crippen LogP contribution >= 0.6 is 0 Å². The van der Waals surface area contributed by atoms with Crippen molar-refractivity contribution in [3.05, 3.63) is 17.7 Å². The Kier molecular flexibility index (Phi) is 12.0. The minimum Gasteiger partial charge on any atom is -0.493 e. The van der Waals surface area contributed by atoms with E-state index in [1.807, 2.05) is 12.1 Å². The number of nitrogens with zero attached hydrogens (tertiary/aromatic N) is 2. The number of ether oxygens (including phenoxy) is 3. The number of hydrogen-bond donors (Lipinski definition) is 2. The Balaban J connectivity index is 2.66. The van der Waals surface area contributed by atoms with Gasteiger partial charge in [0.2, 0.25) is 5.75 Å². The molecule has 0 saturated carbocycles. The van der Waals surface area contributed by atoms with Crippen molar-refractivity contribution in [1.82, 2.24) is 15.5 Å². The summed E-state index contributed by atoms with van der Waals surface area (Å²) in [6.07, 6.45) is 1.82. The fourth-order valence-corrected chi connectivity index (χ4v) is 3.57. The summed E-state index contributed by atoms with van der Waals surface area (Å²) < 4.78 is 16.4. The molecular weight excluding hydrogens is 380 g/mol. The molecular formula is C23H42N4O3. The van der Waals surface area contributed by atoms with Crippen LogP contribution < -0.4 is 24.8 Å². The topological polar surface area (TPSA) is 67.4 Å². The number of hydrogen-bond acceptors (Lipinski definition) is 5. The summed E-state index contributed by atoms with van der Waals surface area (Å²) in [5, 5.41) is 6.74. The molecule has 0 atom stereocenters. The maximum Gasteiger partial charge on any atom is 0.203 e. The molecule has 0 aliphatic carbocycles. The fourth-order valence-electron chi connectivity index (χ4n) is 3.57. The lowest BCUT2D eigenvalue weighted by atomic mass is 10.1. The molecule has 1 aromatic carbocycles. The molecule has 30 heavy (non-hydrogen) atoms. The number of benzene rings is 1. The summed E-state index contributed by atoms with van der Waals surface area (Å²) in [5.74, 6) is 2.84. The Morgan fingerprint density at radius 3 is 2.17 bits per heavy atom. The van der Waals surface area contributed by atoms with Crippen molar-refractivity contribution in [1.29, 1.82) is 0 Å². The molecule has 0 aliphatic rings. The predicted octanol–water partition coefficient (Wildman–Crippen LogP) is 3.32. The van der Waals surface area contributed by atoms with E-state index >= 15 is 0 Å². The Labute approximate surface area is 183 Å². The van der Waals surface area contributed by atoms with Gasteiger partial charge >= 0.3 is 0 Å². The molecule has 0 fully saturated rings. The van der Waals surface area contributed by atoms with Crippen LogP contribution in [0, 0.1) is 0 Å². The average molecular weight is 423 g/mol. The summed E-state index contributed by atoms with van der Waals surface area (Å²) in [7, 11) is 4.90. The van der Waals surface area contributed by atoms with Gasteiger partial charge in [0.25, 0.3) is 0 Å². The molecule has 0 aromatic heterocycles. The first kappa shape index (κ1) is 25.9. The molecule has 7 nitrogen and oxygen atoms in total. The predicted molar refractivity (Wildman–Crippen MR) is 125 cm³/mol. The summed E-state index contributed by atoms with van der Waals surface area (Å²) in [4.78, 5) is 7.23. The maximum absolute atomic E-state index is 5.57. The molecule has 0 bridgehead atoms. The standard InChI is InChI=1S/C23H42N4O3/c1-9-24-23(25-14-10-16-27(17(2)3)18(4)5)26-15-13-19-11-12-20(28-6)22(30-8)21(19)29-7/h11-12,17-18H,9-10,13-16H2,1-8H3,(H2,24,25,26). The zero-order valence-corrected chi connectivity index (χ0v) is 20.2. The Morgan fingerprint density at radius 1 is 0.967 bits per heavy atom. The second-order valence-electron chi connectivity index (χ2n) is 7.71. The Hall–Kier alpha value is -2.15. The lowest BCUT2D eigenvalue weighted by molar-refractivity contribution is 0.174. The molecule has 0 spiro atoms. The van der Waals surface area contributed by atoms with Crippen molar-refractivity contribution in [2.24, 2.45) is 4.99 Å². The first-order chi connectivity index (χ1) is 14.4. The molecule has 0 radical (unpaired) electrons. The van der Waals surface area contributed by atoms with Crippen LogP contribution in [-0.2, 0) is 6.42 Å². The molecule has 0 unspecified atom stereocenters. The van der Waals surface area contributed by atoms with Gasteiger partial charge in [-0.25, -0.2) is 0 Å². The van der Waals surface area contributed by atoms with Crippen LogP contribution in [0.25, 0.3) is 0 Å². The molecule has 0 heterocycles. The van der Waals surface area contributed by atoms with Gasteiger partial charge < -0.3 is 24.8 Å². The summed E-state index contributed by atoms with van der Waals surface area (Å²) >= 11 is 0. The summed E-state index contributed by atoms with van der Waals surface area (Å²) in [6, 6.07) is 5.03. The summed E-state index contributed by atoms with van der Waals surface area (Å²) in [6.45, 7) is 14.5. The largest absolute Gasteiger partial charge is 0.493 e. The summed E-state index contributed by atoms with van der Waals surface area (Å²) in [5.41, 5.74) is 1.06. The van der Waals surface area contributed by atoms with Crippen LogP contribution in [-0.4, -0.2) is 70.5 Å². The normalized spacial score (nSPS) is 11.9. The minimum absolute atomic E-state index is 0.553. The minimum atomic E-state index is 0.553. The Morgan fingerprint density at radius 2 is 1.63 bits per heavy atom. The van der Waals surface area contributed by atoms with Gasteiger partial charge in [0, 0.05) is 43.8 Å². The monoisotopic (exact) mass is 422 g/mol. The van der Waals surface area contributed by atoms with E-state index in [4.69, 9.17) is 19.2 Å². The molecule has 2 N–H and O–H groups in total. The van der Waals surface area contributed by atoms with Crippen LogP contribution in [0.3, 0.4) is 0 Å². The van der Waals surface area contributed by atoms with Crippen molar-refractivity contribution in [2.75, 3.05) is 47.5 Å². The number of guanidine groups is 1. The van der Waals surface area contributed by atoms with Crippen molar-refractivity contribution in [3.8, 4) is 17.2 Å². The second-order valence-corrected chi connectivity index (χ2v) is 7.71. The van der Waals surface area contributed by atoms with Gasteiger partial charge in [-0.1, -0.05) is 6.07 Å². The molecule has 7 heteroatoms. The zero-order chi connectivity index (χ0) is 22.5. The second kappa shape index (κ2) is 14.0. The quantitative estimate of drug-likeness (QED) is 0.289. The lowest BCUT2D eigenvalue weighted by Gasteiger charge is -2.30. The highest BCUT2D eigenvalue weighted by molar-refractivity contribution is 5.79. The highest BCUT2D eigenvalue weighted by atomic mass is 16.5. The van der Waals surface area contributed by atoms with Gasteiger partial charge in [0.05, 0.1) is 21.3 Å². The van der Waals surface area contributed by atoms with Crippen LogP contribution in [0.2, 0.25) is 0 Å². The molecule has 172 valence electrons. The van der Waals surface area contributed by atoms with Crippen LogP contribution in [0.15, 0.2) is 17.1 Å². The van der Waals surface area contributed by atoms with E-state index in [9.17, 15) is 0 Å². The molecule has 1 aromatic rings. The maximum atomic E-state index is 5.57. The number of nitrogens with one attached hydrogen (secondary N) is 2. The van der Waals surface area contributed by atoms with Gasteiger partial charge in [-0.15, -0.1) is 0 Å². The van der Waals surface area contributed by atoms with Gasteiger partial charge in [0.1, 0.15) is 0 Å². The lowest BCUT2D eigenvalue weighted by Crippen LogP contribution is -2.39. The Bertz CT molecular complexity index is 640. The smallest absolute Gasteiger partial charge is 0.203 e. The van der Waals surface area contributed by atoms with Gasteiger partial charge in [-0.2, -0.15) is 0 Å². The number of methoxy groups -OCH3 is 3. The first-order valence-electron chi connectivity index (χ1n) is 10.9. The molecule has 1 rings (SSSR count). The van der Waals surface area contributed by atoms with E-state index < -0.39 is 0 Å². The zero-order valence-electron chi connectivity index (χ0n) is 20.2. The number of aliphatic imine (C=N–C) groups is 1. The van der Waals surface area contributed by atoms with E-state index in [-0.39, 0.29) is 0 Å². The third-order valence-electron chi connectivity index (χ3n) is 4.99. The van der Waals surface area contributed by atoms with Crippen LogP contribution in [0.5, 0.6) is 17.2 Å². The van der Waals surface area contributed by atoms with Crippen molar-refractivity contribution < 1.29 is 14.2 Å². The van der Waals surface area contributed by atoms with Gasteiger partial charge in [-0.05, 0) is 53.5 Å². The van der Waals surface area contributed by atoms with E-state index in [2.05, 4.69) is 50.2 Å². The van der Waals surface area contributed by atoms with Gasteiger partial charge in [0.15, 0.2) is 17.5 Å².